The Balaban J connectivity index is 1.64. The van der Waals surface area contributed by atoms with E-state index in [1.54, 1.807) is 0 Å². The molecule has 1 aliphatic heterocycles. The Morgan fingerprint density at radius 2 is 1.88 bits per heavy atom. The molecule has 1 amide bonds. The van der Waals surface area contributed by atoms with Gasteiger partial charge in [0.15, 0.2) is 0 Å². The van der Waals surface area contributed by atoms with Crippen molar-refractivity contribution in [3.8, 4) is 0 Å². The predicted molar refractivity (Wildman–Crippen MR) is 105 cm³/mol. The van der Waals surface area contributed by atoms with Crippen molar-refractivity contribution in [2.45, 2.75) is 38.3 Å². The third-order valence-corrected chi connectivity index (χ3v) is 5.24. The van der Waals surface area contributed by atoms with Crippen LogP contribution in [0, 0.1) is 0 Å². The molecule has 2 heterocycles. The van der Waals surface area contributed by atoms with Crippen LogP contribution in [-0.2, 0) is 17.6 Å². The summed E-state index contributed by atoms with van der Waals surface area (Å²) in [6, 6.07) is 18.9. The van der Waals surface area contributed by atoms with Gasteiger partial charge in [0.05, 0.1) is 6.04 Å². The number of amides is 1. The first-order chi connectivity index (χ1) is 12.8. The molecule has 0 saturated carbocycles. The van der Waals surface area contributed by atoms with Crippen LogP contribution < -0.4 is 10.6 Å². The summed E-state index contributed by atoms with van der Waals surface area (Å²) in [4.78, 5) is 16.1. The van der Waals surface area contributed by atoms with Gasteiger partial charge in [-0.25, -0.2) is 0 Å². The number of para-hydroxylation sites is 1. The van der Waals surface area contributed by atoms with Gasteiger partial charge >= 0.3 is 0 Å². The van der Waals surface area contributed by atoms with E-state index in [0.29, 0.717) is 6.54 Å². The van der Waals surface area contributed by atoms with Crippen molar-refractivity contribution >= 4 is 16.8 Å². The summed E-state index contributed by atoms with van der Waals surface area (Å²) in [5.74, 6) is 0.0909. The second-order valence-electron chi connectivity index (χ2n) is 6.96. The summed E-state index contributed by atoms with van der Waals surface area (Å²) in [5, 5.41) is 7.79. The van der Waals surface area contributed by atoms with E-state index in [2.05, 4.69) is 64.1 Å². The molecule has 26 heavy (non-hydrogen) atoms. The lowest BCUT2D eigenvalue weighted by Gasteiger charge is -2.31. The number of hydrogen-bond acceptors (Lipinski definition) is 2. The van der Waals surface area contributed by atoms with E-state index in [9.17, 15) is 4.79 Å². The molecule has 4 nitrogen and oxygen atoms in total. The SMILES string of the molecule is CCNC(=O)[C@@H]1Cc2c([nH]c3ccccc23)C(CCc2ccccc2)N1. The van der Waals surface area contributed by atoms with Gasteiger partial charge in [-0.1, -0.05) is 48.5 Å². The minimum absolute atomic E-state index is 0.0909. The van der Waals surface area contributed by atoms with Crippen LogP contribution in [0.4, 0.5) is 0 Å². The fraction of sp³-hybridized carbons (Fsp3) is 0.318. The monoisotopic (exact) mass is 347 g/mol. The number of nitrogens with one attached hydrogen (secondary N) is 3. The van der Waals surface area contributed by atoms with Crippen molar-refractivity contribution in [2.75, 3.05) is 6.54 Å². The molecular formula is C22H25N3O. The van der Waals surface area contributed by atoms with Gasteiger partial charge in [-0.3, -0.25) is 10.1 Å². The molecule has 1 aliphatic rings. The third kappa shape index (κ3) is 3.25. The Hall–Kier alpha value is -2.59. The molecule has 0 radical (unpaired) electrons. The van der Waals surface area contributed by atoms with Crippen molar-refractivity contribution in [3.05, 3.63) is 71.4 Å². The Morgan fingerprint density at radius 3 is 2.69 bits per heavy atom. The fourth-order valence-electron chi connectivity index (χ4n) is 3.98. The first-order valence-corrected chi connectivity index (χ1v) is 9.43. The van der Waals surface area contributed by atoms with Crippen LogP contribution in [0.25, 0.3) is 10.9 Å². The summed E-state index contributed by atoms with van der Waals surface area (Å²) in [6.07, 6.45) is 2.67. The summed E-state index contributed by atoms with van der Waals surface area (Å²) < 4.78 is 0. The molecule has 2 atom stereocenters. The van der Waals surface area contributed by atoms with Crippen LogP contribution >= 0.6 is 0 Å². The molecule has 3 aromatic rings. The second kappa shape index (κ2) is 7.34. The lowest BCUT2D eigenvalue weighted by molar-refractivity contribution is -0.123. The van der Waals surface area contributed by atoms with Gasteiger partial charge in [-0.05, 0) is 43.4 Å². The average molecular weight is 347 g/mol. The molecule has 134 valence electrons. The lowest BCUT2D eigenvalue weighted by Crippen LogP contribution is -2.49. The summed E-state index contributed by atoms with van der Waals surface area (Å²) >= 11 is 0. The number of rotatable bonds is 5. The molecule has 4 rings (SSSR count). The van der Waals surface area contributed by atoms with Crippen LogP contribution in [0.5, 0.6) is 0 Å². The highest BCUT2D eigenvalue weighted by atomic mass is 16.2. The van der Waals surface area contributed by atoms with E-state index in [0.717, 1.165) is 24.8 Å². The molecule has 0 fully saturated rings. The number of aryl methyl sites for hydroxylation is 1. The zero-order chi connectivity index (χ0) is 17.9. The van der Waals surface area contributed by atoms with Crippen LogP contribution in [0.3, 0.4) is 0 Å². The maximum atomic E-state index is 12.5. The van der Waals surface area contributed by atoms with Gasteiger partial charge in [0.1, 0.15) is 0 Å². The number of carbonyl (C=O) groups excluding carboxylic acids is 1. The van der Waals surface area contributed by atoms with Crippen LogP contribution in [-0.4, -0.2) is 23.5 Å². The Bertz CT molecular complexity index is 900. The standard InChI is InChI=1S/C22H25N3O/c1-2-23-22(26)20-14-17-16-10-6-7-11-18(16)25-21(17)19(24-20)13-12-15-8-4-3-5-9-15/h3-11,19-20,24-25H,2,12-14H2,1H3,(H,23,26)/t19?,20-/m0/s1. The highest BCUT2D eigenvalue weighted by molar-refractivity contribution is 5.88. The number of benzene rings is 2. The number of fused-ring (bicyclic) bond motifs is 3. The predicted octanol–water partition coefficient (Wildman–Crippen LogP) is 3.49. The highest BCUT2D eigenvalue weighted by Crippen LogP contribution is 2.33. The van der Waals surface area contributed by atoms with Crippen molar-refractivity contribution in [3.63, 3.8) is 0 Å². The maximum absolute atomic E-state index is 12.5. The molecule has 1 unspecified atom stereocenters. The van der Waals surface area contributed by atoms with E-state index in [-0.39, 0.29) is 18.0 Å². The van der Waals surface area contributed by atoms with Crippen molar-refractivity contribution in [2.24, 2.45) is 0 Å². The van der Waals surface area contributed by atoms with Gasteiger partial charge in [0.25, 0.3) is 0 Å². The lowest BCUT2D eigenvalue weighted by atomic mass is 9.90. The summed E-state index contributed by atoms with van der Waals surface area (Å²) in [6.45, 7) is 2.62. The maximum Gasteiger partial charge on any atom is 0.237 e. The number of likely N-dealkylation sites (N-methyl/N-ethyl adjacent to an activating group) is 1. The third-order valence-electron chi connectivity index (χ3n) is 5.24. The van der Waals surface area contributed by atoms with Crippen LogP contribution in [0.2, 0.25) is 0 Å². The summed E-state index contributed by atoms with van der Waals surface area (Å²) in [7, 11) is 0. The van der Waals surface area contributed by atoms with Crippen molar-refractivity contribution < 1.29 is 4.79 Å². The molecule has 0 saturated heterocycles. The first kappa shape index (κ1) is 16.9. The van der Waals surface area contributed by atoms with Crippen molar-refractivity contribution in [1.29, 1.82) is 0 Å². The molecule has 0 aliphatic carbocycles. The number of aromatic amines is 1. The number of hydrogen-bond donors (Lipinski definition) is 3. The Kier molecular flexibility index (Phi) is 4.76. The Morgan fingerprint density at radius 1 is 1.12 bits per heavy atom. The highest BCUT2D eigenvalue weighted by Gasteiger charge is 2.32. The van der Waals surface area contributed by atoms with Gasteiger partial charge in [0, 0.05) is 29.2 Å². The van der Waals surface area contributed by atoms with Gasteiger partial charge in [-0.15, -0.1) is 0 Å². The Labute approximate surface area is 154 Å². The minimum atomic E-state index is -0.178. The first-order valence-electron chi connectivity index (χ1n) is 9.43. The molecular weight excluding hydrogens is 322 g/mol. The van der Waals surface area contributed by atoms with Crippen LogP contribution in [0.15, 0.2) is 54.6 Å². The van der Waals surface area contributed by atoms with Gasteiger partial charge in [0.2, 0.25) is 5.91 Å². The zero-order valence-electron chi connectivity index (χ0n) is 15.1. The average Bonchev–Trinajstić information content (AvgIpc) is 3.06. The largest absolute Gasteiger partial charge is 0.357 e. The van der Waals surface area contributed by atoms with Crippen LogP contribution in [0.1, 0.15) is 36.2 Å². The van der Waals surface area contributed by atoms with Crippen molar-refractivity contribution in [1.82, 2.24) is 15.6 Å². The van der Waals surface area contributed by atoms with E-state index in [1.165, 1.54) is 22.2 Å². The van der Waals surface area contributed by atoms with Gasteiger partial charge in [-0.2, -0.15) is 0 Å². The molecule has 3 N–H and O–H groups in total. The van der Waals surface area contributed by atoms with E-state index in [1.807, 2.05) is 13.0 Å². The molecule has 0 bridgehead atoms. The zero-order valence-corrected chi connectivity index (χ0v) is 15.1. The molecule has 0 spiro atoms. The second-order valence-corrected chi connectivity index (χ2v) is 6.96. The fourth-order valence-corrected chi connectivity index (χ4v) is 3.98. The smallest absolute Gasteiger partial charge is 0.237 e. The molecule has 4 heteroatoms. The van der Waals surface area contributed by atoms with E-state index in [4.69, 9.17) is 0 Å². The normalized spacial score (nSPS) is 19.3. The number of H-pyrrole nitrogens is 1. The quantitative estimate of drug-likeness (QED) is 0.662. The number of aromatic nitrogens is 1. The molecule has 2 aromatic carbocycles. The van der Waals surface area contributed by atoms with Gasteiger partial charge < -0.3 is 10.3 Å². The molecule has 1 aromatic heterocycles. The minimum Gasteiger partial charge on any atom is -0.357 e. The summed E-state index contributed by atoms with van der Waals surface area (Å²) in [5.41, 5.74) is 5.00. The van der Waals surface area contributed by atoms with E-state index < -0.39 is 0 Å². The van der Waals surface area contributed by atoms with E-state index >= 15 is 0 Å². The topological polar surface area (TPSA) is 56.9 Å². The number of carbonyl (C=O) groups is 1.